The first kappa shape index (κ1) is 17.2. The molecular formula is C13H23N3O3. The van der Waals surface area contributed by atoms with Gasteiger partial charge in [-0.25, -0.2) is 4.79 Å². The van der Waals surface area contributed by atoms with E-state index in [1.807, 2.05) is 6.07 Å². The highest BCUT2D eigenvalue weighted by molar-refractivity contribution is 5.78. The lowest BCUT2D eigenvalue weighted by atomic mass is 9.82. The molecule has 2 amide bonds. The number of carboxylic acids is 1. The standard InChI is InChI=1S/C13H23N3O3/c1-5-13(6-2,11(17)18)9-15-12(19)16(4)8-10(3)7-14/h10H,5-6,8-9H2,1-4H3,(H,15,19)(H,17,18). The maximum atomic E-state index is 11.8. The van der Waals surface area contributed by atoms with Gasteiger partial charge in [-0.15, -0.1) is 0 Å². The number of carboxylic acid groups (broad SMARTS) is 1. The van der Waals surface area contributed by atoms with Crippen LogP contribution in [0.2, 0.25) is 0 Å². The minimum Gasteiger partial charge on any atom is -0.481 e. The lowest BCUT2D eigenvalue weighted by Gasteiger charge is -2.28. The number of hydrogen-bond donors (Lipinski definition) is 2. The van der Waals surface area contributed by atoms with Crippen LogP contribution < -0.4 is 5.32 Å². The Balaban J connectivity index is 4.50. The number of nitriles is 1. The van der Waals surface area contributed by atoms with E-state index in [-0.39, 0.29) is 18.5 Å². The number of rotatable bonds is 7. The molecule has 0 aromatic carbocycles. The summed E-state index contributed by atoms with van der Waals surface area (Å²) in [4.78, 5) is 24.5. The van der Waals surface area contributed by atoms with Crippen LogP contribution in [0.15, 0.2) is 0 Å². The molecule has 0 aliphatic carbocycles. The second-order valence-corrected chi connectivity index (χ2v) is 4.86. The summed E-state index contributed by atoms with van der Waals surface area (Å²) >= 11 is 0. The van der Waals surface area contributed by atoms with Crippen molar-refractivity contribution in [1.29, 1.82) is 5.26 Å². The average molecular weight is 269 g/mol. The van der Waals surface area contributed by atoms with Gasteiger partial charge in [0.1, 0.15) is 0 Å². The second kappa shape index (κ2) is 7.62. The summed E-state index contributed by atoms with van der Waals surface area (Å²) in [6.45, 7) is 5.74. The fourth-order valence-corrected chi connectivity index (χ4v) is 1.79. The van der Waals surface area contributed by atoms with E-state index < -0.39 is 11.4 Å². The molecule has 0 aliphatic heterocycles. The van der Waals surface area contributed by atoms with Gasteiger partial charge in [0.25, 0.3) is 0 Å². The Labute approximate surface area is 114 Å². The number of carbonyl (C=O) groups excluding carboxylic acids is 1. The van der Waals surface area contributed by atoms with Gasteiger partial charge in [0, 0.05) is 20.1 Å². The van der Waals surface area contributed by atoms with Crippen molar-refractivity contribution in [3.63, 3.8) is 0 Å². The van der Waals surface area contributed by atoms with Crippen LogP contribution in [0.4, 0.5) is 4.79 Å². The third kappa shape index (κ3) is 4.78. The van der Waals surface area contributed by atoms with E-state index in [0.29, 0.717) is 19.4 Å². The molecule has 1 unspecified atom stereocenters. The highest BCUT2D eigenvalue weighted by Crippen LogP contribution is 2.25. The van der Waals surface area contributed by atoms with E-state index in [1.54, 1.807) is 27.8 Å². The van der Waals surface area contributed by atoms with Crippen molar-refractivity contribution in [2.45, 2.75) is 33.6 Å². The Morgan fingerprint density at radius 1 is 1.42 bits per heavy atom. The summed E-state index contributed by atoms with van der Waals surface area (Å²) in [7, 11) is 1.59. The summed E-state index contributed by atoms with van der Waals surface area (Å²) in [5.74, 6) is -1.15. The van der Waals surface area contributed by atoms with Crippen molar-refractivity contribution in [3.8, 4) is 6.07 Å². The van der Waals surface area contributed by atoms with Gasteiger partial charge in [0.2, 0.25) is 0 Å². The molecule has 6 heteroatoms. The van der Waals surface area contributed by atoms with Crippen molar-refractivity contribution < 1.29 is 14.7 Å². The molecule has 0 spiro atoms. The number of nitrogens with one attached hydrogen (secondary N) is 1. The molecule has 1 atom stereocenters. The van der Waals surface area contributed by atoms with Gasteiger partial charge in [-0.2, -0.15) is 5.26 Å². The van der Waals surface area contributed by atoms with Crippen molar-refractivity contribution in [2.75, 3.05) is 20.1 Å². The highest BCUT2D eigenvalue weighted by Gasteiger charge is 2.35. The van der Waals surface area contributed by atoms with Crippen molar-refractivity contribution in [3.05, 3.63) is 0 Å². The molecule has 0 rings (SSSR count). The van der Waals surface area contributed by atoms with Gasteiger partial charge >= 0.3 is 12.0 Å². The Kier molecular flexibility index (Phi) is 6.91. The molecule has 108 valence electrons. The predicted molar refractivity (Wildman–Crippen MR) is 71.5 cm³/mol. The van der Waals surface area contributed by atoms with Crippen molar-refractivity contribution in [1.82, 2.24) is 10.2 Å². The topological polar surface area (TPSA) is 93.4 Å². The normalized spacial score (nSPS) is 12.4. The van der Waals surface area contributed by atoms with E-state index in [0.717, 1.165) is 0 Å². The Hall–Kier alpha value is -1.77. The first-order valence-electron chi connectivity index (χ1n) is 6.45. The van der Waals surface area contributed by atoms with Gasteiger partial charge in [0.15, 0.2) is 0 Å². The zero-order valence-corrected chi connectivity index (χ0v) is 12.1. The monoisotopic (exact) mass is 269 g/mol. The van der Waals surface area contributed by atoms with Crippen LogP contribution in [-0.2, 0) is 4.79 Å². The molecule has 0 aromatic heterocycles. The SMILES string of the molecule is CCC(CC)(CNC(=O)N(C)CC(C)C#N)C(=O)O. The van der Waals surface area contributed by atoms with Crippen molar-refractivity contribution >= 4 is 12.0 Å². The summed E-state index contributed by atoms with van der Waals surface area (Å²) in [6, 6.07) is 1.70. The van der Waals surface area contributed by atoms with Crippen molar-refractivity contribution in [2.24, 2.45) is 11.3 Å². The summed E-state index contributed by atoms with van der Waals surface area (Å²) in [5, 5.41) is 20.6. The van der Waals surface area contributed by atoms with E-state index in [1.165, 1.54) is 4.90 Å². The highest BCUT2D eigenvalue weighted by atomic mass is 16.4. The number of carbonyl (C=O) groups is 2. The molecule has 0 fully saturated rings. The van der Waals surface area contributed by atoms with Gasteiger partial charge in [0.05, 0.1) is 17.4 Å². The molecule has 0 heterocycles. The van der Waals surface area contributed by atoms with Gasteiger partial charge < -0.3 is 15.3 Å². The van der Waals surface area contributed by atoms with Crippen LogP contribution in [0.5, 0.6) is 0 Å². The van der Waals surface area contributed by atoms with Crippen LogP contribution in [0.3, 0.4) is 0 Å². The Morgan fingerprint density at radius 2 is 1.95 bits per heavy atom. The maximum absolute atomic E-state index is 11.8. The van der Waals surface area contributed by atoms with Gasteiger partial charge in [-0.05, 0) is 19.8 Å². The molecule has 0 saturated carbocycles. The zero-order chi connectivity index (χ0) is 15.1. The number of amides is 2. The first-order chi connectivity index (χ1) is 8.82. The van der Waals surface area contributed by atoms with Crippen LogP contribution in [0, 0.1) is 22.7 Å². The largest absolute Gasteiger partial charge is 0.481 e. The fourth-order valence-electron chi connectivity index (χ4n) is 1.79. The van der Waals surface area contributed by atoms with Crippen LogP contribution in [0.1, 0.15) is 33.6 Å². The van der Waals surface area contributed by atoms with E-state index in [4.69, 9.17) is 5.26 Å². The molecule has 6 nitrogen and oxygen atoms in total. The third-order valence-electron chi connectivity index (χ3n) is 3.50. The second-order valence-electron chi connectivity index (χ2n) is 4.86. The maximum Gasteiger partial charge on any atom is 0.317 e. The lowest BCUT2D eigenvalue weighted by molar-refractivity contribution is -0.149. The lowest BCUT2D eigenvalue weighted by Crippen LogP contribution is -2.47. The molecular weight excluding hydrogens is 246 g/mol. The van der Waals surface area contributed by atoms with Crippen LogP contribution >= 0.6 is 0 Å². The zero-order valence-electron chi connectivity index (χ0n) is 12.1. The summed E-state index contributed by atoms with van der Waals surface area (Å²) in [5.41, 5.74) is -0.919. The van der Waals surface area contributed by atoms with Crippen LogP contribution in [0.25, 0.3) is 0 Å². The Morgan fingerprint density at radius 3 is 2.32 bits per heavy atom. The minimum atomic E-state index is -0.919. The smallest absolute Gasteiger partial charge is 0.317 e. The van der Waals surface area contributed by atoms with E-state index in [2.05, 4.69) is 5.32 Å². The average Bonchev–Trinajstić information content (AvgIpc) is 2.39. The molecule has 0 aromatic rings. The first-order valence-corrected chi connectivity index (χ1v) is 6.45. The minimum absolute atomic E-state index is 0.0967. The quantitative estimate of drug-likeness (QED) is 0.735. The van der Waals surface area contributed by atoms with Gasteiger partial charge in [-0.1, -0.05) is 13.8 Å². The number of urea groups is 1. The Bertz CT molecular complexity index is 359. The summed E-state index contributed by atoms with van der Waals surface area (Å²) < 4.78 is 0. The molecule has 2 N–H and O–H groups in total. The molecule has 0 bridgehead atoms. The predicted octanol–water partition coefficient (Wildman–Crippen LogP) is 1.68. The molecule has 0 aliphatic rings. The number of aliphatic carboxylic acids is 1. The fraction of sp³-hybridized carbons (Fsp3) is 0.769. The number of nitrogens with zero attached hydrogens (tertiary/aromatic N) is 2. The number of hydrogen-bond acceptors (Lipinski definition) is 3. The van der Waals surface area contributed by atoms with Gasteiger partial charge in [-0.3, -0.25) is 4.79 Å². The molecule has 19 heavy (non-hydrogen) atoms. The molecule has 0 radical (unpaired) electrons. The molecule has 0 saturated heterocycles. The van der Waals surface area contributed by atoms with E-state index >= 15 is 0 Å². The third-order valence-corrected chi connectivity index (χ3v) is 3.50. The van der Waals surface area contributed by atoms with E-state index in [9.17, 15) is 14.7 Å². The summed E-state index contributed by atoms with van der Waals surface area (Å²) in [6.07, 6.45) is 0.912. The van der Waals surface area contributed by atoms with Crippen LogP contribution in [-0.4, -0.2) is 42.1 Å².